The van der Waals surface area contributed by atoms with Crippen molar-refractivity contribution in [2.45, 2.75) is 6.54 Å². The van der Waals surface area contributed by atoms with E-state index in [1.165, 1.54) is 0 Å². The number of carbonyl (C=O) groups is 1. The van der Waals surface area contributed by atoms with Gasteiger partial charge < -0.3 is 10.6 Å². The summed E-state index contributed by atoms with van der Waals surface area (Å²) in [5.41, 5.74) is 7.95. The first-order valence-electron chi connectivity index (χ1n) is 6.64. The van der Waals surface area contributed by atoms with Crippen molar-refractivity contribution >= 4 is 5.91 Å². The fourth-order valence-electron chi connectivity index (χ4n) is 1.91. The van der Waals surface area contributed by atoms with Crippen LogP contribution in [0.1, 0.15) is 21.5 Å². The molecular formula is C17H17N3O. The van der Waals surface area contributed by atoms with E-state index in [1.807, 2.05) is 24.3 Å². The molecule has 0 aliphatic heterocycles. The normalized spacial score (nSPS) is 9.62. The van der Waals surface area contributed by atoms with Crippen LogP contribution in [0, 0.1) is 11.8 Å². The minimum Gasteiger partial charge on any atom is -0.337 e. The molecule has 0 aliphatic carbocycles. The van der Waals surface area contributed by atoms with Crippen molar-refractivity contribution in [2.24, 2.45) is 5.73 Å². The molecule has 1 heterocycles. The van der Waals surface area contributed by atoms with Gasteiger partial charge >= 0.3 is 0 Å². The third-order valence-corrected chi connectivity index (χ3v) is 2.98. The Morgan fingerprint density at radius 2 is 1.86 bits per heavy atom. The molecule has 2 N–H and O–H groups in total. The second kappa shape index (κ2) is 7.22. The molecule has 0 atom stereocenters. The number of nitrogens with zero attached hydrogens (tertiary/aromatic N) is 2. The summed E-state index contributed by atoms with van der Waals surface area (Å²) in [5, 5.41) is 0. The highest BCUT2D eigenvalue weighted by Crippen LogP contribution is 2.09. The number of nitrogens with two attached hydrogens (primary N) is 1. The van der Waals surface area contributed by atoms with Crippen molar-refractivity contribution in [1.29, 1.82) is 0 Å². The van der Waals surface area contributed by atoms with Gasteiger partial charge in [0.1, 0.15) is 0 Å². The van der Waals surface area contributed by atoms with Gasteiger partial charge in [-0.2, -0.15) is 0 Å². The van der Waals surface area contributed by atoms with Gasteiger partial charge in [0.25, 0.3) is 5.91 Å². The molecule has 0 bridgehead atoms. The van der Waals surface area contributed by atoms with Crippen LogP contribution in [0.5, 0.6) is 0 Å². The average molecular weight is 279 g/mol. The number of rotatable bonds is 3. The first kappa shape index (κ1) is 14.8. The molecule has 4 heteroatoms. The molecule has 21 heavy (non-hydrogen) atoms. The molecule has 0 saturated carbocycles. The Morgan fingerprint density at radius 1 is 1.19 bits per heavy atom. The van der Waals surface area contributed by atoms with Crippen LogP contribution in [0.3, 0.4) is 0 Å². The number of carbonyl (C=O) groups excluding carboxylic acids is 1. The molecule has 0 aliphatic rings. The van der Waals surface area contributed by atoms with Crippen LogP contribution in [-0.2, 0) is 6.54 Å². The zero-order valence-electron chi connectivity index (χ0n) is 11.9. The van der Waals surface area contributed by atoms with Crippen molar-refractivity contribution in [3.05, 3.63) is 65.5 Å². The summed E-state index contributed by atoms with van der Waals surface area (Å²) in [6.45, 7) is 0.899. The number of hydrogen-bond acceptors (Lipinski definition) is 3. The highest BCUT2D eigenvalue weighted by Gasteiger charge is 2.11. The first-order valence-corrected chi connectivity index (χ1v) is 6.64. The molecule has 2 aromatic rings. The number of pyridine rings is 1. The Morgan fingerprint density at radius 3 is 2.48 bits per heavy atom. The van der Waals surface area contributed by atoms with Crippen LogP contribution in [0.15, 0.2) is 48.8 Å². The maximum Gasteiger partial charge on any atom is 0.254 e. The summed E-state index contributed by atoms with van der Waals surface area (Å²) in [5.74, 6) is 5.76. The lowest BCUT2D eigenvalue weighted by atomic mass is 10.1. The average Bonchev–Trinajstić information content (AvgIpc) is 2.54. The lowest BCUT2D eigenvalue weighted by molar-refractivity contribution is 0.0785. The third kappa shape index (κ3) is 4.16. The Balaban J connectivity index is 2.02. The maximum atomic E-state index is 12.2. The summed E-state index contributed by atoms with van der Waals surface area (Å²) in [6.07, 6.45) is 3.23. The lowest BCUT2D eigenvalue weighted by Gasteiger charge is -2.17. The highest BCUT2D eigenvalue weighted by molar-refractivity contribution is 5.93. The summed E-state index contributed by atoms with van der Waals surface area (Å²) in [6, 6.07) is 11.2. The molecule has 0 spiro atoms. The third-order valence-electron chi connectivity index (χ3n) is 2.98. The van der Waals surface area contributed by atoms with Crippen LogP contribution < -0.4 is 5.73 Å². The van der Waals surface area contributed by atoms with Crippen LogP contribution in [0.25, 0.3) is 0 Å². The Bertz CT molecular complexity index is 654. The fourth-order valence-corrected chi connectivity index (χ4v) is 1.91. The fraction of sp³-hybridized carbons (Fsp3) is 0.176. The second-order valence-corrected chi connectivity index (χ2v) is 4.60. The minimum atomic E-state index is -0.0237. The van der Waals surface area contributed by atoms with E-state index in [2.05, 4.69) is 16.8 Å². The van der Waals surface area contributed by atoms with E-state index in [4.69, 9.17) is 5.73 Å². The van der Waals surface area contributed by atoms with Crippen LogP contribution >= 0.6 is 0 Å². The van der Waals surface area contributed by atoms with Crippen molar-refractivity contribution in [3.8, 4) is 11.8 Å². The molecule has 0 unspecified atom stereocenters. The molecule has 0 fully saturated rings. The van der Waals surface area contributed by atoms with Crippen molar-refractivity contribution in [3.63, 3.8) is 0 Å². The summed E-state index contributed by atoms with van der Waals surface area (Å²) in [4.78, 5) is 17.8. The monoisotopic (exact) mass is 279 g/mol. The number of aromatic nitrogens is 1. The van der Waals surface area contributed by atoms with Gasteiger partial charge in [0.15, 0.2) is 0 Å². The van der Waals surface area contributed by atoms with Crippen LogP contribution in [0.4, 0.5) is 0 Å². The largest absolute Gasteiger partial charge is 0.337 e. The van der Waals surface area contributed by atoms with E-state index < -0.39 is 0 Å². The van der Waals surface area contributed by atoms with Gasteiger partial charge in [-0.15, -0.1) is 0 Å². The summed E-state index contributed by atoms with van der Waals surface area (Å²) >= 11 is 0. The standard InChI is InChI=1S/C17H17N3O/c1-20(17(21)16-8-11-19-12-9-16)13-15-6-4-14(5-7-15)3-2-10-18/h4-9,11-12H,10,13,18H2,1H3. The lowest BCUT2D eigenvalue weighted by Crippen LogP contribution is -2.26. The molecule has 1 aromatic heterocycles. The molecule has 0 radical (unpaired) electrons. The molecular weight excluding hydrogens is 262 g/mol. The van der Waals surface area contributed by atoms with Gasteiger partial charge in [-0.1, -0.05) is 24.0 Å². The number of benzene rings is 1. The van der Waals surface area contributed by atoms with E-state index in [1.54, 1.807) is 36.5 Å². The molecule has 1 aromatic carbocycles. The van der Waals surface area contributed by atoms with Crippen LogP contribution in [0.2, 0.25) is 0 Å². The summed E-state index contributed by atoms with van der Waals surface area (Å²) in [7, 11) is 1.78. The molecule has 4 nitrogen and oxygen atoms in total. The maximum absolute atomic E-state index is 12.2. The summed E-state index contributed by atoms with van der Waals surface area (Å²) < 4.78 is 0. The smallest absolute Gasteiger partial charge is 0.254 e. The Hall–Kier alpha value is -2.64. The van der Waals surface area contributed by atoms with Gasteiger partial charge in [-0.25, -0.2) is 0 Å². The highest BCUT2D eigenvalue weighted by atomic mass is 16.2. The first-order chi connectivity index (χ1) is 10.2. The molecule has 2 rings (SSSR count). The zero-order valence-corrected chi connectivity index (χ0v) is 11.9. The van der Waals surface area contributed by atoms with Crippen LogP contribution in [-0.4, -0.2) is 29.4 Å². The quantitative estimate of drug-likeness (QED) is 0.869. The predicted octanol–water partition coefficient (Wildman–Crippen LogP) is 1.66. The minimum absolute atomic E-state index is 0.0237. The van der Waals surface area contributed by atoms with E-state index in [9.17, 15) is 4.79 Å². The number of hydrogen-bond donors (Lipinski definition) is 1. The van der Waals surface area contributed by atoms with E-state index in [0.717, 1.165) is 11.1 Å². The van der Waals surface area contributed by atoms with E-state index >= 15 is 0 Å². The predicted molar refractivity (Wildman–Crippen MR) is 82.4 cm³/mol. The topological polar surface area (TPSA) is 59.2 Å². The van der Waals surface area contributed by atoms with Gasteiger partial charge in [0.2, 0.25) is 0 Å². The van der Waals surface area contributed by atoms with Gasteiger partial charge in [0, 0.05) is 37.1 Å². The molecule has 1 amide bonds. The molecule has 0 saturated heterocycles. The van der Waals surface area contributed by atoms with Crippen molar-refractivity contribution in [2.75, 3.05) is 13.6 Å². The van der Waals surface area contributed by atoms with Gasteiger partial charge in [-0.05, 0) is 29.8 Å². The van der Waals surface area contributed by atoms with Crippen molar-refractivity contribution < 1.29 is 4.79 Å². The van der Waals surface area contributed by atoms with Crippen molar-refractivity contribution in [1.82, 2.24) is 9.88 Å². The van der Waals surface area contributed by atoms with E-state index in [-0.39, 0.29) is 5.91 Å². The second-order valence-electron chi connectivity index (χ2n) is 4.60. The number of amides is 1. The zero-order chi connectivity index (χ0) is 15.1. The van der Waals surface area contributed by atoms with Gasteiger partial charge in [-0.3, -0.25) is 9.78 Å². The van der Waals surface area contributed by atoms with E-state index in [0.29, 0.717) is 18.7 Å². The van der Waals surface area contributed by atoms with Gasteiger partial charge in [0.05, 0.1) is 6.54 Å². The molecule has 106 valence electrons. The Labute approximate surface area is 124 Å². The SMILES string of the molecule is CN(Cc1ccc(C#CCN)cc1)C(=O)c1ccncc1. The Kier molecular flexibility index (Phi) is 5.08.